The van der Waals surface area contributed by atoms with Gasteiger partial charge in [0.1, 0.15) is 0 Å². The molecule has 1 spiro atoms. The van der Waals surface area contributed by atoms with E-state index in [0.717, 1.165) is 32.4 Å². The molecule has 2 aliphatic rings. The fourth-order valence-corrected chi connectivity index (χ4v) is 3.40. The Labute approximate surface area is 108 Å². The monoisotopic (exact) mass is 244 g/mol. The van der Waals surface area contributed by atoms with Gasteiger partial charge in [0, 0.05) is 25.4 Å². The molecule has 2 atom stereocenters. The van der Waals surface area contributed by atoms with E-state index in [0.29, 0.717) is 12.3 Å². The van der Waals surface area contributed by atoms with Gasteiger partial charge in [-0.3, -0.25) is 4.79 Å². The van der Waals surface area contributed by atoms with Crippen molar-refractivity contribution in [2.45, 2.75) is 37.1 Å². The maximum atomic E-state index is 11.9. The minimum Gasteiger partial charge on any atom is -0.349 e. The summed E-state index contributed by atoms with van der Waals surface area (Å²) in [6, 6.07) is 10.6. The zero-order valence-electron chi connectivity index (χ0n) is 10.6. The highest BCUT2D eigenvalue weighted by molar-refractivity contribution is 5.77. The summed E-state index contributed by atoms with van der Waals surface area (Å²) in [5.41, 5.74) is 1.28. The lowest BCUT2D eigenvalue weighted by atomic mass is 9.79. The van der Waals surface area contributed by atoms with Crippen molar-refractivity contribution >= 4 is 5.91 Å². The summed E-state index contributed by atoms with van der Waals surface area (Å²) in [4.78, 5) is 11.9. The molecule has 0 aliphatic carbocycles. The summed E-state index contributed by atoms with van der Waals surface area (Å²) in [6.07, 6.45) is 3.94. The Kier molecular flexibility index (Phi) is 3.08. The van der Waals surface area contributed by atoms with Crippen molar-refractivity contribution in [1.29, 1.82) is 0 Å². The minimum absolute atomic E-state index is 0.0606. The molecule has 2 saturated heterocycles. The Bertz CT molecular complexity index is 431. The third-order valence-corrected chi connectivity index (χ3v) is 4.32. The average molecular weight is 244 g/mol. The molecule has 3 rings (SSSR count). The number of hydrogen-bond acceptors (Lipinski definition) is 2. The molecule has 0 aromatic heterocycles. The Morgan fingerprint density at radius 3 is 2.83 bits per heavy atom. The summed E-state index contributed by atoms with van der Waals surface area (Å²) in [6.45, 7) is 1.86. The predicted octanol–water partition coefficient (Wildman–Crippen LogP) is 1.80. The molecule has 3 heteroatoms. The van der Waals surface area contributed by atoms with Gasteiger partial charge in [-0.15, -0.1) is 0 Å². The van der Waals surface area contributed by atoms with E-state index in [1.54, 1.807) is 0 Å². The lowest BCUT2D eigenvalue weighted by Crippen LogP contribution is -2.52. The third kappa shape index (κ3) is 2.03. The Morgan fingerprint density at radius 1 is 1.17 bits per heavy atom. The number of amides is 1. The summed E-state index contributed by atoms with van der Waals surface area (Å²) >= 11 is 0. The van der Waals surface area contributed by atoms with Gasteiger partial charge in [-0.1, -0.05) is 36.8 Å². The van der Waals surface area contributed by atoms with Crippen molar-refractivity contribution in [2.75, 3.05) is 13.1 Å². The van der Waals surface area contributed by atoms with E-state index in [-0.39, 0.29) is 11.4 Å². The van der Waals surface area contributed by atoms with Gasteiger partial charge in [0.15, 0.2) is 0 Å². The van der Waals surface area contributed by atoms with Crippen LogP contribution in [0.25, 0.3) is 0 Å². The molecule has 0 unspecified atom stereocenters. The molecule has 18 heavy (non-hydrogen) atoms. The standard InChI is InChI=1S/C15H20N2O/c18-14-8-4-5-9-15(17-14)11-16-10-13(15)12-6-2-1-3-7-12/h1-3,6-7,13,16H,4-5,8-11H2,(H,17,18)/t13-,15+/m0/s1. The summed E-state index contributed by atoms with van der Waals surface area (Å²) in [5, 5.41) is 6.77. The van der Waals surface area contributed by atoms with Crippen LogP contribution in [-0.2, 0) is 4.79 Å². The van der Waals surface area contributed by atoms with Crippen molar-refractivity contribution < 1.29 is 4.79 Å². The molecule has 2 N–H and O–H groups in total. The summed E-state index contributed by atoms with van der Waals surface area (Å²) < 4.78 is 0. The lowest BCUT2D eigenvalue weighted by molar-refractivity contribution is -0.122. The Balaban J connectivity index is 1.92. The summed E-state index contributed by atoms with van der Waals surface area (Å²) in [5.74, 6) is 0.623. The van der Waals surface area contributed by atoms with Gasteiger partial charge in [-0.25, -0.2) is 0 Å². The fourth-order valence-electron chi connectivity index (χ4n) is 3.40. The van der Waals surface area contributed by atoms with E-state index in [1.807, 2.05) is 6.07 Å². The summed E-state index contributed by atoms with van der Waals surface area (Å²) in [7, 11) is 0. The van der Waals surface area contributed by atoms with E-state index in [2.05, 4.69) is 34.9 Å². The van der Waals surface area contributed by atoms with Gasteiger partial charge in [0.2, 0.25) is 5.91 Å². The van der Waals surface area contributed by atoms with Crippen molar-refractivity contribution in [3.05, 3.63) is 35.9 Å². The smallest absolute Gasteiger partial charge is 0.220 e. The topological polar surface area (TPSA) is 41.1 Å². The van der Waals surface area contributed by atoms with Crippen LogP contribution in [-0.4, -0.2) is 24.5 Å². The van der Waals surface area contributed by atoms with Crippen molar-refractivity contribution in [3.8, 4) is 0 Å². The SMILES string of the molecule is O=C1CCCC[C@]2(CNC[C@H]2c2ccccc2)N1. The van der Waals surface area contributed by atoms with E-state index >= 15 is 0 Å². The molecule has 0 bridgehead atoms. The first-order chi connectivity index (χ1) is 8.80. The minimum atomic E-state index is -0.0606. The normalized spacial score (nSPS) is 32.2. The van der Waals surface area contributed by atoms with Crippen molar-refractivity contribution in [2.24, 2.45) is 0 Å². The zero-order chi connectivity index (χ0) is 12.4. The van der Waals surface area contributed by atoms with Crippen LogP contribution in [0.3, 0.4) is 0 Å². The van der Waals surface area contributed by atoms with Crippen molar-refractivity contribution in [1.82, 2.24) is 10.6 Å². The van der Waals surface area contributed by atoms with E-state index in [9.17, 15) is 4.79 Å². The molecule has 2 aliphatic heterocycles. The van der Waals surface area contributed by atoms with Gasteiger partial charge in [-0.05, 0) is 18.4 Å². The second kappa shape index (κ2) is 4.73. The zero-order valence-corrected chi connectivity index (χ0v) is 10.6. The number of carbonyl (C=O) groups excluding carboxylic acids is 1. The molecule has 0 saturated carbocycles. The molecule has 0 radical (unpaired) electrons. The van der Waals surface area contributed by atoms with Crippen LogP contribution in [0.15, 0.2) is 30.3 Å². The quantitative estimate of drug-likeness (QED) is 0.791. The van der Waals surface area contributed by atoms with Crippen LogP contribution in [0.4, 0.5) is 0 Å². The van der Waals surface area contributed by atoms with Crippen molar-refractivity contribution in [3.63, 3.8) is 0 Å². The van der Waals surface area contributed by atoms with E-state index < -0.39 is 0 Å². The molecule has 2 fully saturated rings. The first-order valence-electron chi connectivity index (χ1n) is 6.87. The van der Waals surface area contributed by atoms with Crippen LogP contribution in [0.5, 0.6) is 0 Å². The molecular formula is C15H20N2O. The second-order valence-electron chi connectivity index (χ2n) is 5.51. The molecule has 1 aromatic carbocycles. The molecule has 1 amide bonds. The highest BCUT2D eigenvalue weighted by Gasteiger charge is 2.44. The van der Waals surface area contributed by atoms with Crippen LogP contribution in [0.1, 0.15) is 37.2 Å². The number of rotatable bonds is 1. The van der Waals surface area contributed by atoms with E-state index in [4.69, 9.17) is 0 Å². The molecule has 2 heterocycles. The van der Waals surface area contributed by atoms with Crippen LogP contribution in [0.2, 0.25) is 0 Å². The predicted molar refractivity (Wildman–Crippen MR) is 71.4 cm³/mol. The molecular weight excluding hydrogens is 224 g/mol. The second-order valence-corrected chi connectivity index (χ2v) is 5.51. The van der Waals surface area contributed by atoms with Gasteiger partial charge in [0.05, 0.1) is 5.54 Å². The molecule has 3 nitrogen and oxygen atoms in total. The number of benzene rings is 1. The maximum Gasteiger partial charge on any atom is 0.220 e. The molecule has 96 valence electrons. The largest absolute Gasteiger partial charge is 0.349 e. The van der Waals surface area contributed by atoms with Crippen LogP contribution < -0.4 is 10.6 Å². The highest BCUT2D eigenvalue weighted by Crippen LogP contribution is 2.37. The fraction of sp³-hybridized carbons (Fsp3) is 0.533. The van der Waals surface area contributed by atoms with Crippen LogP contribution in [0, 0.1) is 0 Å². The highest BCUT2D eigenvalue weighted by atomic mass is 16.1. The molecule has 1 aromatic rings. The Hall–Kier alpha value is -1.35. The van der Waals surface area contributed by atoms with Gasteiger partial charge in [-0.2, -0.15) is 0 Å². The van der Waals surface area contributed by atoms with Gasteiger partial charge >= 0.3 is 0 Å². The average Bonchev–Trinajstić information content (AvgIpc) is 2.69. The van der Waals surface area contributed by atoms with Crippen LogP contribution >= 0.6 is 0 Å². The maximum absolute atomic E-state index is 11.9. The number of carbonyl (C=O) groups is 1. The third-order valence-electron chi connectivity index (χ3n) is 4.32. The van der Waals surface area contributed by atoms with Gasteiger partial charge < -0.3 is 10.6 Å². The van der Waals surface area contributed by atoms with Gasteiger partial charge in [0.25, 0.3) is 0 Å². The number of hydrogen-bond donors (Lipinski definition) is 2. The first kappa shape index (κ1) is 11.7. The lowest BCUT2D eigenvalue weighted by Gasteiger charge is -2.34. The Morgan fingerprint density at radius 2 is 2.00 bits per heavy atom. The van der Waals surface area contributed by atoms with E-state index in [1.165, 1.54) is 5.56 Å². The first-order valence-corrected chi connectivity index (χ1v) is 6.87. The number of nitrogens with one attached hydrogen (secondary N) is 2.